The second kappa shape index (κ2) is 38.2. The first-order valence-electron chi connectivity index (χ1n) is 12.8. The number of aliphatic hydroxyl groups is 2. The van der Waals surface area contributed by atoms with E-state index < -0.39 is 0 Å². The zero-order chi connectivity index (χ0) is 31.5. The highest BCUT2D eigenvalue weighted by Crippen LogP contribution is 2.18. The van der Waals surface area contributed by atoms with Gasteiger partial charge in [-0.15, -0.1) is 70.6 Å². The van der Waals surface area contributed by atoms with Crippen molar-refractivity contribution in [2.75, 3.05) is 90.7 Å². The van der Waals surface area contributed by atoms with E-state index in [-0.39, 0.29) is 29.8 Å². The predicted molar refractivity (Wildman–Crippen MR) is 197 cm³/mol. The number of thioether (sulfide) groups is 10. The van der Waals surface area contributed by atoms with E-state index in [1.807, 2.05) is 0 Å². The third kappa shape index (κ3) is 38.1. The van der Waals surface area contributed by atoms with Crippen LogP contribution in [0.3, 0.4) is 0 Å². The Labute approximate surface area is 298 Å². The van der Waals surface area contributed by atoms with Crippen LogP contribution in [0.25, 0.3) is 0 Å². The van der Waals surface area contributed by atoms with Crippen LogP contribution in [0.4, 0.5) is 0 Å². The van der Waals surface area contributed by atoms with Crippen LogP contribution >= 0.6 is 118 Å². The first-order valence-corrected chi connectivity index (χ1v) is 24.3. The third-order valence-corrected chi connectivity index (χ3v) is 14.2. The highest BCUT2D eigenvalue weighted by Gasteiger charge is 2.06. The average Bonchev–Trinajstić information content (AvgIpc) is 3.00. The van der Waals surface area contributed by atoms with Crippen molar-refractivity contribution in [1.29, 1.82) is 0 Å². The van der Waals surface area contributed by atoms with Crippen molar-refractivity contribution in [2.24, 2.45) is 0 Å². The maximum atomic E-state index is 11.8. The summed E-state index contributed by atoms with van der Waals surface area (Å²) in [5, 5.41) is 21.2. The minimum absolute atomic E-state index is 0.0691. The molecule has 0 fully saturated rings. The van der Waals surface area contributed by atoms with E-state index in [2.05, 4.69) is 0 Å². The molecule has 2 N–H and O–H groups in total. The van der Waals surface area contributed by atoms with Crippen LogP contribution in [0, 0.1) is 0 Å². The van der Waals surface area contributed by atoms with Gasteiger partial charge < -0.3 is 24.4 Å². The maximum absolute atomic E-state index is 11.8. The van der Waals surface area contributed by atoms with E-state index in [4.69, 9.17) is 34.2 Å². The van der Waals surface area contributed by atoms with Gasteiger partial charge in [-0.3, -0.25) is 14.4 Å². The van der Waals surface area contributed by atoms with Crippen LogP contribution in [0.1, 0.15) is 25.7 Å². The second-order valence-corrected chi connectivity index (χ2v) is 19.2. The van der Waals surface area contributed by atoms with Crippen molar-refractivity contribution >= 4 is 136 Å². The normalized spacial score (nSPS) is 11.0. The molecule has 0 aromatic heterocycles. The number of rotatable bonds is 34. The fourth-order valence-corrected chi connectivity index (χ4v) is 10.1. The van der Waals surface area contributed by atoms with Gasteiger partial charge in [-0.1, -0.05) is 0 Å². The molecule has 0 radical (unpaired) electrons. The molecule has 0 saturated carbocycles. The van der Waals surface area contributed by atoms with Gasteiger partial charge in [-0.2, -0.15) is 47.0 Å². The molecule has 0 aliphatic carbocycles. The Morgan fingerprint density at radius 3 is 1.26 bits per heavy atom. The van der Waals surface area contributed by atoms with E-state index in [0.717, 1.165) is 33.2 Å². The molecule has 0 saturated heterocycles. The Bertz CT molecular complexity index is 658. The van der Waals surface area contributed by atoms with Gasteiger partial charge in [0.1, 0.15) is 23.8 Å². The number of hydrogen-bond acceptors (Lipinski definition) is 20. The summed E-state index contributed by atoms with van der Waals surface area (Å²) >= 11 is 15.5. The molecule has 0 spiro atoms. The number of hydrogen-bond donors (Lipinski definition) is 2. The van der Waals surface area contributed by atoms with Gasteiger partial charge in [0.15, 0.2) is 0 Å². The second-order valence-electron chi connectivity index (χ2n) is 7.27. The zero-order valence-corrected chi connectivity index (χ0v) is 32.0. The van der Waals surface area contributed by atoms with Crippen LogP contribution in [0.2, 0.25) is 0 Å². The highest BCUT2D eigenvalue weighted by atomic mass is 32.2. The lowest BCUT2D eigenvalue weighted by Gasteiger charge is -2.06. The monoisotopic (exact) mass is 798 g/mol. The van der Waals surface area contributed by atoms with Crippen molar-refractivity contribution < 1.29 is 48.6 Å². The molecule has 254 valence electrons. The quantitative estimate of drug-likeness (QED) is 0.0197. The summed E-state index contributed by atoms with van der Waals surface area (Å²) in [5.74, 6) is 3.96. The van der Waals surface area contributed by atoms with E-state index in [1.165, 1.54) is 58.8 Å². The van der Waals surface area contributed by atoms with E-state index in [9.17, 15) is 14.4 Å². The lowest BCUT2D eigenvalue weighted by Crippen LogP contribution is -2.06. The largest absolute Gasteiger partial charge is 0.455 e. The molecule has 0 rings (SSSR count). The van der Waals surface area contributed by atoms with Crippen LogP contribution in [-0.2, 0) is 38.4 Å². The van der Waals surface area contributed by atoms with Gasteiger partial charge in [-0.05, 0) is 12.2 Å². The third-order valence-electron chi connectivity index (χ3n) is 4.01. The number of ether oxygens (including phenoxy) is 3. The molecule has 10 nitrogen and oxygen atoms in total. The lowest BCUT2D eigenvalue weighted by atomic mass is 10.5. The van der Waals surface area contributed by atoms with Gasteiger partial charge in [-0.25, -0.2) is 9.78 Å². The number of carbonyl (C=O) groups excluding carboxylic acids is 3. The van der Waals surface area contributed by atoms with Crippen molar-refractivity contribution in [3.63, 3.8) is 0 Å². The molecule has 0 aromatic rings. The van der Waals surface area contributed by atoms with Gasteiger partial charge in [0, 0.05) is 42.7 Å². The Hall–Kier alpha value is 1.75. The molecule has 0 aliphatic heterocycles. The fourth-order valence-electron chi connectivity index (χ4n) is 2.09. The van der Waals surface area contributed by atoms with Crippen LogP contribution in [0.15, 0.2) is 0 Å². The number of esters is 3. The van der Waals surface area contributed by atoms with Gasteiger partial charge in [0.2, 0.25) is 0 Å². The topological polar surface area (TPSA) is 138 Å². The van der Waals surface area contributed by atoms with Crippen LogP contribution in [0.5, 0.6) is 0 Å². The van der Waals surface area contributed by atoms with Gasteiger partial charge in [0.25, 0.3) is 0 Å². The highest BCUT2D eigenvalue weighted by molar-refractivity contribution is 8.17. The summed E-state index contributed by atoms with van der Waals surface area (Å²) in [6.45, 7) is 0.524. The Kier molecular flexibility index (Phi) is 39.8. The molecular weight excluding hydrogens is 757 g/mol. The van der Waals surface area contributed by atoms with E-state index in [1.54, 1.807) is 58.8 Å². The van der Waals surface area contributed by atoms with E-state index >= 15 is 0 Å². The molecule has 0 unspecified atom stereocenters. The predicted octanol–water partition coefficient (Wildman–Crippen LogP) is 5.97. The van der Waals surface area contributed by atoms with Gasteiger partial charge >= 0.3 is 17.9 Å². The summed E-state index contributed by atoms with van der Waals surface area (Å²) in [6, 6.07) is 0. The van der Waals surface area contributed by atoms with Crippen molar-refractivity contribution in [2.45, 2.75) is 25.7 Å². The van der Waals surface area contributed by atoms with E-state index in [0.29, 0.717) is 71.3 Å². The maximum Gasteiger partial charge on any atom is 0.307 e. The molecule has 0 heterocycles. The first-order chi connectivity index (χ1) is 21.1. The van der Waals surface area contributed by atoms with Crippen molar-refractivity contribution in [1.82, 2.24) is 0 Å². The fraction of sp³-hybridized carbons (Fsp3) is 0.870. The first kappa shape index (κ1) is 44.8. The molecule has 0 atom stereocenters. The molecule has 0 amide bonds. The molecule has 20 heteroatoms. The minimum Gasteiger partial charge on any atom is -0.455 e. The number of carbonyl (C=O) groups is 3. The SMILES string of the molecule is O=C(CCSCSCCCOOCSCSCOC(=O)CCSCSCCC(=O)OCSCSCO)OCSCSCO. The molecule has 43 heavy (non-hydrogen) atoms. The summed E-state index contributed by atoms with van der Waals surface area (Å²) < 4.78 is 15.4. The van der Waals surface area contributed by atoms with Crippen molar-refractivity contribution in [3.05, 3.63) is 0 Å². The average molecular weight is 799 g/mol. The molecule has 0 aliphatic rings. The van der Waals surface area contributed by atoms with Crippen LogP contribution < -0.4 is 0 Å². The Morgan fingerprint density at radius 2 is 0.814 bits per heavy atom. The smallest absolute Gasteiger partial charge is 0.307 e. The zero-order valence-electron chi connectivity index (χ0n) is 23.9. The lowest BCUT2D eigenvalue weighted by molar-refractivity contribution is -0.278. The summed E-state index contributed by atoms with van der Waals surface area (Å²) in [5.41, 5.74) is 0. The standard InChI is InChI=1S/C23H42O10S10/c24-10-38-18-40-12-29-21(26)2-7-35-16-34-6-1-5-32-33-15-43-20-42-14-31-23(28)4-9-37-17-36-8-3-22(27)30-13-41-19-39-11-25/h24-25H,1-20H2. The molecular formula is C23H42O10S10. The van der Waals surface area contributed by atoms with Gasteiger partial charge in [0.05, 0.1) is 37.7 Å². The van der Waals surface area contributed by atoms with Crippen LogP contribution in [-0.4, -0.2) is 119 Å². The summed E-state index contributed by atoms with van der Waals surface area (Å²) in [7, 11) is 0. The molecule has 0 aromatic carbocycles. The summed E-state index contributed by atoms with van der Waals surface area (Å²) in [4.78, 5) is 45.3. The Balaban J connectivity index is 3.25. The molecule has 0 bridgehead atoms. The minimum atomic E-state index is -0.217. The summed E-state index contributed by atoms with van der Waals surface area (Å²) in [6.07, 6.45) is 2.01. The number of aliphatic hydroxyl groups excluding tert-OH is 2. The Morgan fingerprint density at radius 1 is 0.442 bits per heavy atom. The van der Waals surface area contributed by atoms with Crippen molar-refractivity contribution in [3.8, 4) is 0 Å².